The van der Waals surface area contributed by atoms with Gasteiger partial charge in [-0.25, -0.2) is 4.79 Å². The third-order valence-corrected chi connectivity index (χ3v) is 4.51. The monoisotopic (exact) mass is 361 g/mol. The number of carbonyl (C=O) groups is 1. The van der Waals surface area contributed by atoms with Gasteiger partial charge in [0.15, 0.2) is 0 Å². The van der Waals surface area contributed by atoms with Gasteiger partial charge in [0.2, 0.25) is 0 Å². The highest BCUT2D eigenvalue weighted by Gasteiger charge is 2.24. The van der Waals surface area contributed by atoms with Crippen LogP contribution >= 0.6 is 11.6 Å². The molecule has 0 atom stereocenters. The molecular formula is C18H20ClN3O3. The summed E-state index contributed by atoms with van der Waals surface area (Å²) in [5.74, 6) is -0.510. The smallest absolute Gasteiger partial charge is 0.338 e. The number of aromatic nitrogens is 3. The first-order valence-electron chi connectivity index (χ1n) is 8.18. The molecule has 0 radical (unpaired) electrons. The molecule has 3 rings (SSSR count). The van der Waals surface area contributed by atoms with E-state index in [1.807, 2.05) is 22.4 Å². The Morgan fingerprint density at radius 3 is 2.72 bits per heavy atom. The number of fused-ring (bicyclic) bond motifs is 1. The summed E-state index contributed by atoms with van der Waals surface area (Å²) < 4.78 is 9.04. The van der Waals surface area contributed by atoms with Crippen molar-refractivity contribution in [3.8, 4) is 11.4 Å². The van der Waals surface area contributed by atoms with E-state index in [0.29, 0.717) is 28.3 Å². The molecule has 1 N–H and O–H groups in total. The predicted molar refractivity (Wildman–Crippen MR) is 97.3 cm³/mol. The van der Waals surface area contributed by atoms with Crippen molar-refractivity contribution in [1.29, 1.82) is 0 Å². The van der Waals surface area contributed by atoms with E-state index >= 15 is 0 Å². The van der Waals surface area contributed by atoms with Crippen molar-refractivity contribution in [3.63, 3.8) is 0 Å². The van der Waals surface area contributed by atoms with Crippen molar-refractivity contribution in [2.45, 2.75) is 33.2 Å². The normalized spacial score (nSPS) is 11.2. The second-order valence-electron chi connectivity index (χ2n) is 5.78. The molecule has 2 aromatic heterocycles. The van der Waals surface area contributed by atoms with Gasteiger partial charge in [-0.05, 0) is 25.0 Å². The molecule has 0 aliphatic carbocycles. The molecule has 25 heavy (non-hydrogen) atoms. The molecular weight excluding hydrogens is 342 g/mol. The van der Waals surface area contributed by atoms with E-state index in [0.717, 1.165) is 24.2 Å². The summed E-state index contributed by atoms with van der Waals surface area (Å²) in [4.78, 5) is 11.9. The number of methoxy groups -OCH3 is 1. The number of hydrogen-bond acceptors (Lipinski definition) is 3. The Hall–Kier alpha value is -2.47. The van der Waals surface area contributed by atoms with Gasteiger partial charge < -0.3 is 14.4 Å². The molecule has 0 fully saturated rings. The zero-order valence-electron chi connectivity index (χ0n) is 14.4. The van der Waals surface area contributed by atoms with Crippen LogP contribution in [-0.2, 0) is 13.0 Å². The molecule has 6 nitrogen and oxygen atoms in total. The van der Waals surface area contributed by atoms with Gasteiger partial charge >= 0.3 is 5.97 Å². The Morgan fingerprint density at radius 1 is 1.36 bits per heavy atom. The Kier molecular flexibility index (Phi) is 4.72. The molecule has 0 aliphatic heterocycles. The molecule has 0 saturated heterocycles. The lowest BCUT2D eigenvalue weighted by Gasteiger charge is -2.08. The molecule has 0 aliphatic rings. The van der Waals surface area contributed by atoms with Gasteiger partial charge in [-0.2, -0.15) is 5.10 Å². The van der Waals surface area contributed by atoms with Crippen LogP contribution in [0.1, 0.15) is 36.3 Å². The van der Waals surface area contributed by atoms with Crippen LogP contribution in [0.25, 0.3) is 16.6 Å². The zero-order valence-corrected chi connectivity index (χ0v) is 15.2. The number of ether oxygens (including phenoxy) is 1. The van der Waals surface area contributed by atoms with Crippen LogP contribution in [0.3, 0.4) is 0 Å². The van der Waals surface area contributed by atoms with E-state index < -0.39 is 5.97 Å². The van der Waals surface area contributed by atoms with Gasteiger partial charge in [0.05, 0.1) is 35.1 Å². The Labute approximate surface area is 150 Å². The summed E-state index contributed by atoms with van der Waals surface area (Å²) in [6.07, 6.45) is 5.21. The molecule has 0 amide bonds. The molecule has 0 unspecified atom stereocenters. The number of carboxylic acids is 1. The number of hydrogen-bond donors (Lipinski definition) is 1. The Balaban J connectivity index is 2.36. The van der Waals surface area contributed by atoms with Gasteiger partial charge in [0.1, 0.15) is 5.75 Å². The van der Waals surface area contributed by atoms with Crippen LogP contribution in [0.5, 0.6) is 5.75 Å². The third-order valence-electron chi connectivity index (χ3n) is 4.22. The highest BCUT2D eigenvalue weighted by Crippen LogP contribution is 2.36. The van der Waals surface area contributed by atoms with Gasteiger partial charge in [-0.1, -0.05) is 25.4 Å². The molecule has 0 bridgehead atoms. The number of benzene rings is 1. The second kappa shape index (κ2) is 6.80. The predicted octanol–water partition coefficient (Wildman–Crippen LogP) is 4.16. The quantitative estimate of drug-likeness (QED) is 0.715. The summed E-state index contributed by atoms with van der Waals surface area (Å²) in [5.41, 5.74) is 2.54. The fourth-order valence-electron chi connectivity index (χ4n) is 3.19. The van der Waals surface area contributed by atoms with Crippen molar-refractivity contribution in [1.82, 2.24) is 14.3 Å². The molecule has 3 aromatic rings. The maximum atomic E-state index is 11.9. The van der Waals surface area contributed by atoms with Gasteiger partial charge in [0.25, 0.3) is 0 Å². The average Bonchev–Trinajstić information content (AvgIpc) is 3.15. The fraction of sp³-hybridized carbons (Fsp3) is 0.333. The average molecular weight is 362 g/mol. The van der Waals surface area contributed by atoms with E-state index in [2.05, 4.69) is 12.0 Å². The number of aryl methyl sites for hydroxylation is 1. The summed E-state index contributed by atoms with van der Waals surface area (Å²) in [5, 5.41) is 15.2. The van der Waals surface area contributed by atoms with Crippen LogP contribution in [0.4, 0.5) is 0 Å². The Morgan fingerprint density at radius 2 is 2.12 bits per heavy atom. The third kappa shape index (κ3) is 2.87. The number of nitrogens with zero attached hydrogens (tertiary/aromatic N) is 3. The lowest BCUT2D eigenvalue weighted by atomic mass is 10.1. The molecule has 0 saturated carbocycles. The van der Waals surface area contributed by atoms with Crippen molar-refractivity contribution in [3.05, 3.63) is 40.8 Å². The molecule has 1 aromatic carbocycles. The van der Waals surface area contributed by atoms with E-state index in [1.165, 1.54) is 7.11 Å². The second-order valence-corrected chi connectivity index (χ2v) is 6.19. The van der Waals surface area contributed by atoms with Gasteiger partial charge in [-0.3, -0.25) is 4.68 Å². The topological polar surface area (TPSA) is 69.3 Å². The first-order chi connectivity index (χ1) is 12.0. The molecule has 7 heteroatoms. The lowest BCUT2D eigenvalue weighted by Crippen LogP contribution is -2.04. The number of halogens is 1. The molecule has 132 valence electrons. The fourth-order valence-corrected chi connectivity index (χ4v) is 3.42. The van der Waals surface area contributed by atoms with Crippen molar-refractivity contribution < 1.29 is 14.6 Å². The highest BCUT2D eigenvalue weighted by atomic mass is 35.5. The van der Waals surface area contributed by atoms with E-state index in [1.54, 1.807) is 18.3 Å². The van der Waals surface area contributed by atoms with Gasteiger partial charge in [0, 0.05) is 23.8 Å². The molecule has 0 spiro atoms. The summed E-state index contributed by atoms with van der Waals surface area (Å²) in [6.45, 7) is 4.83. The van der Waals surface area contributed by atoms with Crippen LogP contribution in [0.15, 0.2) is 24.5 Å². The van der Waals surface area contributed by atoms with Crippen molar-refractivity contribution in [2.24, 2.45) is 0 Å². The van der Waals surface area contributed by atoms with Crippen LogP contribution < -0.4 is 4.74 Å². The van der Waals surface area contributed by atoms with Crippen LogP contribution in [-0.4, -0.2) is 32.5 Å². The van der Waals surface area contributed by atoms with E-state index in [4.69, 9.17) is 16.3 Å². The summed E-state index contributed by atoms with van der Waals surface area (Å²) in [6, 6.07) is 3.44. The number of carboxylic acid groups (broad SMARTS) is 1. The highest BCUT2D eigenvalue weighted by molar-refractivity contribution is 6.33. The summed E-state index contributed by atoms with van der Waals surface area (Å²) in [7, 11) is 1.51. The minimum atomic E-state index is -0.967. The first-order valence-corrected chi connectivity index (χ1v) is 8.56. The van der Waals surface area contributed by atoms with Crippen LogP contribution in [0.2, 0.25) is 5.02 Å². The number of aromatic carboxylic acids is 1. The lowest BCUT2D eigenvalue weighted by molar-refractivity contribution is 0.0697. The standard InChI is InChI=1S/C18H20ClN3O3/c1-4-6-21-10-11(9-20-21)22-14(5-2)17(18(23)24)12-7-16(25-3)13(19)8-15(12)22/h7-10H,4-6H2,1-3H3,(H,23,24). The summed E-state index contributed by atoms with van der Waals surface area (Å²) >= 11 is 6.30. The molecule has 2 heterocycles. The minimum absolute atomic E-state index is 0.274. The van der Waals surface area contributed by atoms with Crippen molar-refractivity contribution >= 4 is 28.5 Å². The maximum Gasteiger partial charge on any atom is 0.338 e. The largest absolute Gasteiger partial charge is 0.495 e. The maximum absolute atomic E-state index is 11.9. The van der Waals surface area contributed by atoms with Crippen LogP contribution in [0, 0.1) is 0 Å². The zero-order chi connectivity index (χ0) is 18.1. The first kappa shape index (κ1) is 17.4. The van der Waals surface area contributed by atoms with E-state index in [-0.39, 0.29) is 5.56 Å². The minimum Gasteiger partial charge on any atom is -0.495 e. The van der Waals surface area contributed by atoms with Crippen molar-refractivity contribution in [2.75, 3.05) is 7.11 Å². The Bertz CT molecular complexity index is 943. The SMILES string of the molecule is CCCn1cc(-n2c(CC)c(C(=O)O)c3cc(OC)c(Cl)cc32)cn1. The van der Waals surface area contributed by atoms with E-state index in [9.17, 15) is 9.90 Å². The number of rotatable bonds is 6. The van der Waals surface area contributed by atoms with Gasteiger partial charge in [-0.15, -0.1) is 0 Å².